The lowest BCUT2D eigenvalue weighted by atomic mass is 10.2. The fraction of sp³-hybridized carbons (Fsp3) is 0.435. The zero-order valence-electron chi connectivity index (χ0n) is 17.5. The number of amides is 1. The molecule has 1 atom stereocenters. The fourth-order valence-corrected chi connectivity index (χ4v) is 6.51. The number of nitrogens with one attached hydrogen (secondary N) is 1. The summed E-state index contributed by atoms with van der Waals surface area (Å²) in [5.74, 6) is 0.709. The van der Waals surface area contributed by atoms with Crippen molar-refractivity contribution in [2.75, 3.05) is 25.4 Å². The minimum absolute atomic E-state index is 0.135. The average Bonchev–Trinajstić information content (AvgIpc) is 3.51. The second kappa shape index (κ2) is 10.2. The summed E-state index contributed by atoms with van der Waals surface area (Å²) < 4.78 is 32.5. The predicted octanol–water partition coefficient (Wildman–Crippen LogP) is 3.67. The highest BCUT2D eigenvalue weighted by atomic mass is 32.2. The summed E-state index contributed by atoms with van der Waals surface area (Å²) in [6.07, 6.45) is 4.26. The van der Waals surface area contributed by atoms with Gasteiger partial charge in [-0.15, -0.1) is 11.8 Å². The van der Waals surface area contributed by atoms with E-state index in [0.717, 1.165) is 48.5 Å². The fourth-order valence-electron chi connectivity index (χ4n) is 3.87. The summed E-state index contributed by atoms with van der Waals surface area (Å²) in [6, 6.07) is 14.4. The summed E-state index contributed by atoms with van der Waals surface area (Å²) in [7, 11) is -3.42. The maximum Gasteiger partial charge on any atom is 0.252 e. The molecule has 0 radical (unpaired) electrons. The van der Waals surface area contributed by atoms with Crippen LogP contribution in [-0.4, -0.2) is 50.2 Å². The Hall–Kier alpha value is -1.87. The molecule has 2 fully saturated rings. The molecule has 2 aliphatic rings. The molecule has 0 bridgehead atoms. The third kappa shape index (κ3) is 5.49. The van der Waals surface area contributed by atoms with Gasteiger partial charge in [0.25, 0.3) is 5.91 Å². The molecule has 2 aliphatic heterocycles. The lowest BCUT2D eigenvalue weighted by Crippen LogP contribution is -2.28. The van der Waals surface area contributed by atoms with E-state index in [1.807, 2.05) is 24.3 Å². The van der Waals surface area contributed by atoms with Crippen LogP contribution in [0.2, 0.25) is 0 Å². The standard InChI is InChI=1S/C23H28N2O4S2/c26-23(21-7-1-2-8-22(21)30-17-19-6-5-15-29-19)24-16-18-9-11-20(12-10-18)31(27,28)25-13-3-4-14-25/h1-2,7-12,19H,3-6,13-17H2,(H,24,26). The van der Waals surface area contributed by atoms with E-state index in [2.05, 4.69) is 5.32 Å². The van der Waals surface area contributed by atoms with Crippen molar-refractivity contribution < 1.29 is 17.9 Å². The molecule has 1 amide bonds. The van der Waals surface area contributed by atoms with E-state index in [1.165, 1.54) is 4.31 Å². The summed E-state index contributed by atoms with van der Waals surface area (Å²) >= 11 is 1.65. The van der Waals surface area contributed by atoms with Crippen LogP contribution < -0.4 is 5.32 Å². The Morgan fingerprint density at radius 3 is 2.52 bits per heavy atom. The molecule has 2 saturated heterocycles. The number of hydrogen-bond acceptors (Lipinski definition) is 5. The van der Waals surface area contributed by atoms with Crippen LogP contribution in [0.15, 0.2) is 58.3 Å². The van der Waals surface area contributed by atoms with Gasteiger partial charge in [-0.05, 0) is 55.5 Å². The molecule has 0 saturated carbocycles. The lowest BCUT2D eigenvalue weighted by molar-refractivity contribution is 0.0947. The third-order valence-corrected chi connectivity index (χ3v) is 8.78. The Morgan fingerprint density at radius 2 is 1.81 bits per heavy atom. The highest BCUT2D eigenvalue weighted by Crippen LogP contribution is 2.27. The van der Waals surface area contributed by atoms with Crippen LogP contribution in [0.4, 0.5) is 0 Å². The van der Waals surface area contributed by atoms with E-state index < -0.39 is 10.0 Å². The van der Waals surface area contributed by atoms with Gasteiger partial charge in [-0.3, -0.25) is 4.79 Å². The van der Waals surface area contributed by atoms with Crippen molar-refractivity contribution in [1.82, 2.24) is 9.62 Å². The molecular formula is C23H28N2O4S2. The van der Waals surface area contributed by atoms with Crippen molar-refractivity contribution in [3.05, 3.63) is 59.7 Å². The Balaban J connectivity index is 1.35. The summed E-state index contributed by atoms with van der Waals surface area (Å²) in [5, 5.41) is 2.95. The van der Waals surface area contributed by atoms with Crippen LogP contribution in [-0.2, 0) is 21.3 Å². The van der Waals surface area contributed by atoms with Gasteiger partial charge in [0.1, 0.15) is 0 Å². The van der Waals surface area contributed by atoms with Crippen molar-refractivity contribution in [2.45, 2.75) is 48.1 Å². The molecule has 1 N–H and O–H groups in total. The van der Waals surface area contributed by atoms with Crippen LogP contribution in [0.3, 0.4) is 0 Å². The van der Waals surface area contributed by atoms with Gasteiger partial charge in [0.2, 0.25) is 10.0 Å². The summed E-state index contributed by atoms with van der Waals surface area (Å²) in [5.41, 5.74) is 1.51. The number of nitrogens with zero attached hydrogens (tertiary/aromatic N) is 1. The summed E-state index contributed by atoms with van der Waals surface area (Å²) in [6.45, 7) is 2.34. The van der Waals surface area contributed by atoms with Crippen molar-refractivity contribution in [3.63, 3.8) is 0 Å². The SMILES string of the molecule is O=C(NCc1ccc(S(=O)(=O)N2CCCC2)cc1)c1ccccc1SCC1CCCO1. The highest BCUT2D eigenvalue weighted by Gasteiger charge is 2.27. The zero-order chi connectivity index (χ0) is 21.7. The van der Waals surface area contributed by atoms with Gasteiger partial charge in [0.05, 0.1) is 16.6 Å². The van der Waals surface area contributed by atoms with Gasteiger partial charge in [-0.25, -0.2) is 8.42 Å². The second-order valence-corrected chi connectivity index (χ2v) is 10.9. The van der Waals surface area contributed by atoms with Gasteiger partial charge in [-0.2, -0.15) is 4.31 Å². The van der Waals surface area contributed by atoms with Crippen molar-refractivity contribution in [3.8, 4) is 0 Å². The van der Waals surface area contributed by atoms with Gasteiger partial charge in [0.15, 0.2) is 0 Å². The molecule has 2 aromatic carbocycles. The largest absolute Gasteiger partial charge is 0.377 e. The zero-order valence-corrected chi connectivity index (χ0v) is 19.1. The van der Waals surface area contributed by atoms with Crippen LogP contribution >= 0.6 is 11.8 Å². The first-order chi connectivity index (χ1) is 15.0. The molecule has 2 heterocycles. The minimum Gasteiger partial charge on any atom is -0.377 e. The normalized spacial score (nSPS) is 19.5. The van der Waals surface area contributed by atoms with E-state index in [1.54, 1.807) is 36.0 Å². The number of rotatable bonds is 8. The number of thioether (sulfide) groups is 1. The van der Waals surface area contributed by atoms with Crippen LogP contribution in [0.1, 0.15) is 41.6 Å². The molecule has 2 aromatic rings. The molecule has 8 heteroatoms. The number of sulfonamides is 1. The maximum absolute atomic E-state index is 12.8. The number of benzene rings is 2. The predicted molar refractivity (Wildman–Crippen MR) is 122 cm³/mol. The number of carbonyl (C=O) groups excluding carboxylic acids is 1. The van der Waals surface area contributed by atoms with E-state index in [9.17, 15) is 13.2 Å². The Labute approximate surface area is 188 Å². The molecule has 31 heavy (non-hydrogen) atoms. The molecule has 0 aromatic heterocycles. The molecule has 4 rings (SSSR count). The maximum atomic E-state index is 12.8. The smallest absolute Gasteiger partial charge is 0.252 e. The average molecular weight is 461 g/mol. The van der Waals surface area contributed by atoms with Gasteiger partial charge < -0.3 is 10.1 Å². The first-order valence-corrected chi connectivity index (χ1v) is 13.2. The Morgan fingerprint density at radius 1 is 1.06 bits per heavy atom. The van der Waals surface area contributed by atoms with E-state index in [-0.39, 0.29) is 12.0 Å². The van der Waals surface area contributed by atoms with Crippen LogP contribution in [0.25, 0.3) is 0 Å². The first-order valence-electron chi connectivity index (χ1n) is 10.7. The second-order valence-electron chi connectivity index (χ2n) is 7.88. The third-order valence-electron chi connectivity index (χ3n) is 5.66. The molecule has 1 unspecified atom stereocenters. The molecule has 6 nitrogen and oxygen atoms in total. The number of ether oxygens (including phenoxy) is 1. The molecule has 0 spiro atoms. The van der Waals surface area contributed by atoms with E-state index >= 15 is 0 Å². The van der Waals surface area contributed by atoms with Crippen molar-refractivity contribution in [2.24, 2.45) is 0 Å². The molecule has 166 valence electrons. The number of carbonyl (C=O) groups is 1. The quantitative estimate of drug-likeness (QED) is 0.609. The van der Waals surface area contributed by atoms with Crippen LogP contribution in [0, 0.1) is 0 Å². The number of hydrogen-bond donors (Lipinski definition) is 1. The van der Waals surface area contributed by atoms with Crippen LogP contribution in [0.5, 0.6) is 0 Å². The van der Waals surface area contributed by atoms with Gasteiger partial charge in [-0.1, -0.05) is 24.3 Å². The van der Waals surface area contributed by atoms with E-state index in [4.69, 9.17) is 4.74 Å². The Kier molecular flexibility index (Phi) is 7.32. The molecule has 0 aliphatic carbocycles. The molecular weight excluding hydrogens is 432 g/mol. The van der Waals surface area contributed by atoms with Crippen molar-refractivity contribution in [1.29, 1.82) is 0 Å². The monoisotopic (exact) mass is 460 g/mol. The Bertz CT molecular complexity index is 996. The van der Waals surface area contributed by atoms with E-state index in [0.29, 0.717) is 30.1 Å². The van der Waals surface area contributed by atoms with Gasteiger partial charge in [0, 0.05) is 36.9 Å². The van der Waals surface area contributed by atoms with Gasteiger partial charge >= 0.3 is 0 Å². The highest BCUT2D eigenvalue weighted by molar-refractivity contribution is 7.99. The minimum atomic E-state index is -3.42. The lowest BCUT2D eigenvalue weighted by Gasteiger charge is -2.16. The summed E-state index contributed by atoms with van der Waals surface area (Å²) in [4.78, 5) is 14.0. The topological polar surface area (TPSA) is 75.7 Å². The first kappa shape index (κ1) is 22.3. The van der Waals surface area contributed by atoms with Crippen molar-refractivity contribution >= 4 is 27.7 Å².